The molecule has 0 aliphatic carbocycles. The van der Waals surface area contributed by atoms with E-state index in [2.05, 4.69) is 0 Å². The van der Waals surface area contributed by atoms with Gasteiger partial charge < -0.3 is 10.2 Å². The van der Waals surface area contributed by atoms with Crippen molar-refractivity contribution in [1.82, 2.24) is 0 Å². The van der Waals surface area contributed by atoms with Crippen molar-refractivity contribution in [3.8, 4) is 0 Å². The Hall–Kier alpha value is -0.0375. The number of carbonyl (C=O) groups is 1. The van der Waals surface area contributed by atoms with Gasteiger partial charge in [-0.25, -0.2) is 0 Å². The van der Waals surface area contributed by atoms with E-state index in [1.165, 1.54) is 0 Å². The molecule has 7 heavy (non-hydrogen) atoms. The summed E-state index contributed by atoms with van der Waals surface area (Å²) in [5, 5.41) is 15.6. The van der Waals surface area contributed by atoms with Crippen LogP contribution in [-0.2, 0) is 4.79 Å². The Kier molecular flexibility index (Phi) is 8.56. The first kappa shape index (κ1) is 10.1. The van der Waals surface area contributed by atoms with Crippen LogP contribution in [0.2, 0.25) is 0 Å². The Morgan fingerprint density at radius 1 is 1.57 bits per heavy atom. The van der Waals surface area contributed by atoms with Crippen molar-refractivity contribution in [2.75, 3.05) is 6.61 Å². The molecule has 0 aromatic carbocycles. The Bertz CT molecular complexity index is 54.1. The summed E-state index contributed by atoms with van der Waals surface area (Å²) in [4.78, 5) is 9.44. The molecule has 0 heterocycles. The average Bonchev–Trinajstić information content (AvgIpc) is 1.35. The van der Waals surface area contributed by atoms with Gasteiger partial charge in [0.1, 0.15) is 0 Å². The smallest absolute Gasteiger partial charge is 0.305 e. The molecule has 4 heteroatoms. The maximum atomic E-state index is 9.44. The molecule has 0 saturated carbocycles. The molecule has 0 aromatic heterocycles. The van der Waals surface area contributed by atoms with Crippen molar-refractivity contribution >= 4 is 23.3 Å². The molecule has 42 valence electrons. The molecule has 0 aliphatic rings. The Balaban J connectivity index is 0. The van der Waals surface area contributed by atoms with Crippen LogP contribution in [0, 0.1) is 0 Å². The van der Waals surface area contributed by atoms with Crippen molar-refractivity contribution in [2.24, 2.45) is 0 Å². The summed E-state index contributed by atoms with van der Waals surface area (Å²) in [7, 11) is 0. The summed E-state index contributed by atoms with van der Waals surface area (Å²) < 4.78 is 0. The second kappa shape index (κ2) is 5.96. The number of aliphatic hydroxyl groups excluding tert-OH is 1. The molecular formula is C3H9AlO3. The number of carboxylic acid groups (broad SMARTS) is 1. The maximum Gasteiger partial charge on any atom is 0.305 e. The molecule has 0 bridgehead atoms. The molecular weight excluding hydrogens is 111 g/mol. The van der Waals surface area contributed by atoms with Crippen LogP contribution in [0.15, 0.2) is 0 Å². The standard InChI is InChI=1S/C3H6O3.Al.3H/c4-2-1-3(5)6;;;;/h4H,1-2H2,(H,5,6);;;;. The van der Waals surface area contributed by atoms with Crippen molar-refractivity contribution < 1.29 is 15.0 Å². The first-order valence-corrected chi connectivity index (χ1v) is 1.60. The van der Waals surface area contributed by atoms with E-state index in [4.69, 9.17) is 10.2 Å². The topological polar surface area (TPSA) is 57.5 Å². The zero-order chi connectivity index (χ0) is 4.99. The van der Waals surface area contributed by atoms with Crippen LogP contribution < -0.4 is 0 Å². The highest BCUT2D eigenvalue weighted by Crippen LogP contribution is 1.70. The van der Waals surface area contributed by atoms with E-state index in [-0.39, 0.29) is 30.4 Å². The third-order valence-corrected chi connectivity index (χ3v) is 0.326. The number of rotatable bonds is 2. The van der Waals surface area contributed by atoms with Crippen molar-refractivity contribution in [3.05, 3.63) is 0 Å². The third-order valence-electron chi connectivity index (χ3n) is 0.326. The molecule has 0 spiro atoms. The van der Waals surface area contributed by atoms with Gasteiger partial charge in [-0.2, -0.15) is 0 Å². The molecule has 0 rings (SSSR count). The fraction of sp³-hybridized carbons (Fsp3) is 0.667. The molecule has 0 aromatic rings. The van der Waals surface area contributed by atoms with Crippen LogP contribution in [0.3, 0.4) is 0 Å². The molecule has 3 nitrogen and oxygen atoms in total. The minimum absolute atomic E-state index is 0. The highest BCUT2D eigenvalue weighted by Gasteiger charge is 1.88. The van der Waals surface area contributed by atoms with Gasteiger partial charge in [0.25, 0.3) is 0 Å². The zero-order valence-corrected chi connectivity index (χ0v) is 3.22. The van der Waals surface area contributed by atoms with E-state index in [1.807, 2.05) is 0 Å². The lowest BCUT2D eigenvalue weighted by Crippen LogP contribution is -1.96. The Morgan fingerprint density at radius 3 is 2.00 bits per heavy atom. The van der Waals surface area contributed by atoms with Gasteiger partial charge in [-0.05, 0) is 0 Å². The molecule has 0 aliphatic heterocycles. The minimum Gasteiger partial charge on any atom is -0.481 e. The molecule has 0 amide bonds. The average molecular weight is 120 g/mol. The summed E-state index contributed by atoms with van der Waals surface area (Å²) in [6.07, 6.45) is -0.153. The van der Waals surface area contributed by atoms with E-state index in [0.29, 0.717) is 0 Å². The molecule has 2 N–H and O–H groups in total. The van der Waals surface area contributed by atoms with Gasteiger partial charge in [-0.3, -0.25) is 4.79 Å². The quantitative estimate of drug-likeness (QED) is 0.426. The Morgan fingerprint density at radius 2 is 2.00 bits per heavy atom. The number of aliphatic carboxylic acids is 1. The first-order valence-electron chi connectivity index (χ1n) is 1.60. The van der Waals surface area contributed by atoms with Gasteiger partial charge in [0.05, 0.1) is 13.0 Å². The van der Waals surface area contributed by atoms with Crippen LogP contribution in [0.4, 0.5) is 0 Å². The van der Waals surface area contributed by atoms with E-state index in [1.54, 1.807) is 0 Å². The van der Waals surface area contributed by atoms with Gasteiger partial charge >= 0.3 is 5.97 Å². The fourth-order valence-electron chi connectivity index (χ4n) is 0.0956. The molecule has 0 atom stereocenters. The van der Waals surface area contributed by atoms with Crippen LogP contribution in [0.5, 0.6) is 0 Å². The highest BCUT2D eigenvalue weighted by atomic mass is 27.0. The lowest BCUT2D eigenvalue weighted by atomic mass is 10.5. The van der Waals surface area contributed by atoms with Crippen molar-refractivity contribution in [3.63, 3.8) is 0 Å². The third kappa shape index (κ3) is 10.7. The summed E-state index contributed by atoms with van der Waals surface area (Å²) >= 11 is 0. The molecule has 0 fully saturated rings. The normalized spacial score (nSPS) is 7.00. The second-order valence-corrected chi connectivity index (χ2v) is 0.867. The van der Waals surface area contributed by atoms with E-state index in [0.717, 1.165) is 0 Å². The minimum atomic E-state index is -0.961. The summed E-state index contributed by atoms with van der Waals surface area (Å²) in [6, 6.07) is 0. The van der Waals surface area contributed by atoms with Gasteiger partial charge in [0.15, 0.2) is 17.4 Å². The van der Waals surface area contributed by atoms with Crippen LogP contribution >= 0.6 is 0 Å². The SMILES string of the molecule is O=C(O)CCO.[AlH3]. The highest BCUT2D eigenvalue weighted by molar-refractivity contribution is 5.75. The predicted molar refractivity (Wildman–Crippen MR) is 29.3 cm³/mol. The summed E-state index contributed by atoms with van der Waals surface area (Å²) in [6.45, 7) is -0.269. The summed E-state index contributed by atoms with van der Waals surface area (Å²) in [5.41, 5.74) is 0. The van der Waals surface area contributed by atoms with Gasteiger partial charge in [0, 0.05) is 0 Å². The van der Waals surface area contributed by atoms with Gasteiger partial charge in [0.2, 0.25) is 0 Å². The maximum absolute atomic E-state index is 9.44. The first-order chi connectivity index (χ1) is 2.77. The second-order valence-electron chi connectivity index (χ2n) is 0.867. The number of hydrogen-bond donors (Lipinski definition) is 2. The monoisotopic (exact) mass is 120 g/mol. The molecule has 0 unspecified atom stereocenters. The van der Waals surface area contributed by atoms with Crippen LogP contribution in [0.25, 0.3) is 0 Å². The lowest BCUT2D eigenvalue weighted by Gasteiger charge is -1.79. The zero-order valence-electron chi connectivity index (χ0n) is 3.22. The largest absolute Gasteiger partial charge is 0.481 e. The van der Waals surface area contributed by atoms with Crippen molar-refractivity contribution in [2.45, 2.75) is 6.42 Å². The number of aliphatic hydroxyl groups is 1. The number of carboxylic acids is 1. The van der Waals surface area contributed by atoms with E-state index >= 15 is 0 Å². The molecule has 0 radical (unpaired) electrons. The molecule has 0 saturated heterocycles. The predicted octanol–water partition coefficient (Wildman–Crippen LogP) is -1.73. The summed E-state index contributed by atoms with van der Waals surface area (Å²) in [5.74, 6) is -0.961. The van der Waals surface area contributed by atoms with Gasteiger partial charge in [-0.1, -0.05) is 0 Å². The van der Waals surface area contributed by atoms with Crippen LogP contribution in [0.1, 0.15) is 6.42 Å². The number of hydrogen-bond acceptors (Lipinski definition) is 2. The van der Waals surface area contributed by atoms with E-state index < -0.39 is 5.97 Å². The van der Waals surface area contributed by atoms with Crippen molar-refractivity contribution in [1.29, 1.82) is 0 Å². The van der Waals surface area contributed by atoms with Crippen LogP contribution in [-0.4, -0.2) is 40.2 Å². The lowest BCUT2D eigenvalue weighted by molar-refractivity contribution is -0.137. The fourth-order valence-corrected chi connectivity index (χ4v) is 0.0956. The van der Waals surface area contributed by atoms with Gasteiger partial charge in [-0.15, -0.1) is 0 Å². The Labute approximate surface area is 52.1 Å². The van der Waals surface area contributed by atoms with E-state index in [9.17, 15) is 4.79 Å².